The molecule has 0 aliphatic rings. The van der Waals surface area contributed by atoms with Crippen molar-refractivity contribution < 1.29 is 9.90 Å². The van der Waals surface area contributed by atoms with Gasteiger partial charge in [0.15, 0.2) is 0 Å². The molecule has 20 heavy (non-hydrogen) atoms. The van der Waals surface area contributed by atoms with Gasteiger partial charge in [-0.15, -0.1) is 0 Å². The number of benzene rings is 1. The molecule has 1 aromatic carbocycles. The molecule has 0 aliphatic heterocycles. The Morgan fingerprint density at radius 3 is 2.65 bits per heavy atom. The van der Waals surface area contributed by atoms with Gasteiger partial charge in [-0.1, -0.05) is 0 Å². The first-order valence-corrected chi connectivity index (χ1v) is 6.19. The van der Waals surface area contributed by atoms with Crippen molar-refractivity contribution in [3.05, 3.63) is 53.6 Å². The summed E-state index contributed by atoms with van der Waals surface area (Å²) in [6, 6.07) is 5.66. The molecule has 0 saturated carbocycles. The molecule has 0 aliphatic carbocycles. The molecule has 2 aromatic heterocycles. The maximum absolute atomic E-state index is 11.0. The largest absolute Gasteiger partial charge is 0.478 e. The molecule has 0 spiro atoms. The maximum Gasteiger partial charge on any atom is 0.337 e. The van der Waals surface area contributed by atoms with E-state index in [0.29, 0.717) is 5.69 Å². The van der Waals surface area contributed by atoms with Gasteiger partial charge in [0.1, 0.15) is 6.33 Å². The molecule has 3 rings (SSSR count). The minimum Gasteiger partial charge on any atom is -0.478 e. The van der Waals surface area contributed by atoms with Gasteiger partial charge in [0.2, 0.25) is 0 Å². The van der Waals surface area contributed by atoms with Crippen molar-refractivity contribution in [2.45, 2.75) is 13.8 Å². The Morgan fingerprint density at radius 1 is 1.15 bits per heavy atom. The molecule has 2 heterocycles. The third kappa shape index (κ3) is 1.93. The number of pyridine rings is 1. The van der Waals surface area contributed by atoms with Crippen molar-refractivity contribution in [3.8, 4) is 5.69 Å². The number of rotatable bonds is 2. The zero-order valence-corrected chi connectivity index (χ0v) is 11.2. The number of carbonyl (C=O) groups is 1. The quantitative estimate of drug-likeness (QED) is 0.775. The number of imidazole rings is 1. The lowest BCUT2D eigenvalue weighted by molar-refractivity contribution is 0.0696. The van der Waals surface area contributed by atoms with Crippen molar-refractivity contribution in [1.29, 1.82) is 0 Å². The van der Waals surface area contributed by atoms with Crippen LogP contribution in [0.5, 0.6) is 0 Å². The number of aryl methyl sites for hydroxylation is 2. The van der Waals surface area contributed by atoms with Crippen LogP contribution < -0.4 is 0 Å². The first-order chi connectivity index (χ1) is 9.56. The van der Waals surface area contributed by atoms with Gasteiger partial charge in [0.05, 0.1) is 28.5 Å². The minimum absolute atomic E-state index is 0.160. The zero-order chi connectivity index (χ0) is 14.3. The molecular formula is C15H13N3O2. The predicted octanol–water partition coefficient (Wildman–Crippen LogP) is 2.74. The van der Waals surface area contributed by atoms with Crippen LogP contribution in [0.3, 0.4) is 0 Å². The lowest BCUT2D eigenvalue weighted by Crippen LogP contribution is -2.00. The van der Waals surface area contributed by atoms with Crippen LogP contribution in [0.2, 0.25) is 0 Å². The Bertz CT molecular complexity index is 821. The van der Waals surface area contributed by atoms with Crippen molar-refractivity contribution in [2.75, 3.05) is 0 Å². The summed E-state index contributed by atoms with van der Waals surface area (Å²) >= 11 is 0. The number of carboxylic acids is 1. The second-order valence-electron chi connectivity index (χ2n) is 4.78. The van der Waals surface area contributed by atoms with Gasteiger partial charge in [-0.05, 0) is 43.2 Å². The minimum atomic E-state index is -0.990. The Balaban J connectivity index is 2.22. The number of aromatic carboxylic acids is 1. The van der Waals surface area contributed by atoms with Gasteiger partial charge in [0.25, 0.3) is 0 Å². The van der Waals surface area contributed by atoms with Crippen LogP contribution in [0, 0.1) is 13.8 Å². The van der Waals surface area contributed by atoms with E-state index in [1.165, 1.54) is 17.3 Å². The van der Waals surface area contributed by atoms with Gasteiger partial charge in [-0.2, -0.15) is 0 Å². The molecule has 0 amide bonds. The summed E-state index contributed by atoms with van der Waals surface area (Å²) in [5.41, 5.74) is 5.02. The monoisotopic (exact) mass is 267 g/mol. The summed E-state index contributed by atoms with van der Waals surface area (Å²) in [7, 11) is 0. The summed E-state index contributed by atoms with van der Waals surface area (Å²) in [6.07, 6.45) is 4.65. The number of aromatic nitrogens is 3. The zero-order valence-electron chi connectivity index (χ0n) is 11.2. The van der Waals surface area contributed by atoms with Gasteiger partial charge in [-0.25, -0.2) is 9.78 Å². The first-order valence-electron chi connectivity index (χ1n) is 6.19. The molecule has 100 valence electrons. The summed E-state index contributed by atoms with van der Waals surface area (Å²) in [4.78, 5) is 19.4. The average Bonchev–Trinajstić information content (AvgIpc) is 2.82. The number of fused-ring (bicyclic) bond motifs is 1. The fraction of sp³-hybridized carbons (Fsp3) is 0.133. The van der Waals surface area contributed by atoms with Crippen LogP contribution in [0.1, 0.15) is 21.5 Å². The van der Waals surface area contributed by atoms with Gasteiger partial charge < -0.3 is 5.11 Å². The predicted molar refractivity (Wildman–Crippen MR) is 75.3 cm³/mol. The molecule has 3 aromatic rings. The fourth-order valence-electron chi connectivity index (χ4n) is 2.15. The van der Waals surface area contributed by atoms with Crippen molar-refractivity contribution >= 4 is 17.0 Å². The molecule has 0 radical (unpaired) electrons. The highest BCUT2D eigenvalue weighted by Crippen LogP contribution is 2.21. The Morgan fingerprint density at radius 2 is 1.90 bits per heavy atom. The smallest absolute Gasteiger partial charge is 0.337 e. The molecule has 5 heteroatoms. The third-order valence-electron chi connectivity index (χ3n) is 3.41. The van der Waals surface area contributed by atoms with E-state index in [-0.39, 0.29) is 5.56 Å². The van der Waals surface area contributed by atoms with Crippen LogP contribution in [-0.4, -0.2) is 25.6 Å². The van der Waals surface area contributed by atoms with Gasteiger partial charge >= 0.3 is 5.97 Å². The Hall–Kier alpha value is -2.69. The first kappa shape index (κ1) is 12.3. The second kappa shape index (κ2) is 4.45. The van der Waals surface area contributed by atoms with Crippen LogP contribution >= 0.6 is 0 Å². The lowest BCUT2D eigenvalue weighted by Gasteiger charge is -2.06. The van der Waals surface area contributed by atoms with Crippen LogP contribution in [-0.2, 0) is 0 Å². The van der Waals surface area contributed by atoms with Crippen LogP contribution in [0.15, 0.2) is 36.9 Å². The van der Waals surface area contributed by atoms with Crippen molar-refractivity contribution in [3.63, 3.8) is 0 Å². The normalized spacial score (nSPS) is 10.9. The van der Waals surface area contributed by atoms with Crippen molar-refractivity contribution in [1.82, 2.24) is 14.5 Å². The fourth-order valence-corrected chi connectivity index (χ4v) is 2.15. The Labute approximate surface area is 115 Å². The summed E-state index contributed by atoms with van der Waals surface area (Å²) in [5, 5.41) is 9.04. The molecule has 0 atom stereocenters. The number of nitrogens with zero attached hydrogens (tertiary/aromatic N) is 3. The lowest BCUT2D eigenvalue weighted by atomic mass is 10.1. The summed E-state index contributed by atoms with van der Waals surface area (Å²) in [5.74, 6) is -0.990. The highest BCUT2D eigenvalue weighted by Gasteiger charge is 2.09. The van der Waals surface area contributed by atoms with E-state index in [2.05, 4.69) is 9.97 Å². The van der Waals surface area contributed by atoms with E-state index in [1.54, 1.807) is 18.6 Å². The Kier molecular flexibility index (Phi) is 2.75. The van der Waals surface area contributed by atoms with E-state index < -0.39 is 5.97 Å². The van der Waals surface area contributed by atoms with Gasteiger partial charge in [-0.3, -0.25) is 9.55 Å². The third-order valence-corrected chi connectivity index (χ3v) is 3.41. The molecule has 1 N–H and O–H groups in total. The molecule has 0 unspecified atom stereocenters. The topological polar surface area (TPSA) is 68.0 Å². The SMILES string of the molecule is Cc1cc2ncn(-c3cncc(C(=O)O)c3)c2cc1C. The average molecular weight is 267 g/mol. The van der Waals surface area contributed by atoms with E-state index in [1.807, 2.05) is 30.5 Å². The maximum atomic E-state index is 11.0. The van der Waals surface area contributed by atoms with E-state index in [4.69, 9.17) is 5.11 Å². The molecule has 0 saturated heterocycles. The standard InChI is InChI=1S/C15H13N3O2/c1-9-3-13-14(4-10(9)2)18(8-17-13)12-5-11(15(19)20)6-16-7-12/h3-8H,1-2H3,(H,19,20). The molecular weight excluding hydrogens is 254 g/mol. The highest BCUT2D eigenvalue weighted by molar-refractivity contribution is 5.88. The number of hydrogen-bond acceptors (Lipinski definition) is 3. The van der Waals surface area contributed by atoms with E-state index in [9.17, 15) is 4.79 Å². The molecule has 0 bridgehead atoms. The molecule has 0 fully saturated rings. The summed E-state index contributed by atoms with van der Waals surface area (Å²) in [6.45, 7) is 4.08. The van der Waals surface area contributed by atoms with E-state index >= 15 is 0 Å². The van der Waals surface area contributed by atoms with Crippen LogP contribution in [0.4, 0.5) is 0 Å². The van der Waals surface area contributed by atoms with Gasteiger partial charge in [0, 0.05) is 6.20 Å². The molecule has 5 nitrogen and oxygen atoms in total. The van der Waals surface area contributed by atoms with Crippen molar-refractivity contribution in [2.24, 2.45) is 0 Å². The summed E-state index contributed by atoms with van der Waals surface area (Å²) < 4.78 is 1.85. The number of hydrogen-bond donors (Lipinski definition) is 1. The highest BCUT2D eigenvalue weighted by atomic mass is 16.4. The second-order valence-corrected chi connectivity index (χ2v) is 4.78. The van der Waals surface area contributed by atoms with E-state index in [0.717, 1.165) is 11.0 Å². The van der Waals surface area contributed by atoms with Crippen LogP contribution in [0.25, 0.3) is 16.7 Å². The number of carboxylic acid groups (broad SMARTS) is 1.